The fourth-order valence-electron chi connectivity index (χ4n) is 0.682. The highest BCUT2D eigenvalue weighted by molar-refractivity contribution is 7.99. The zero-order chi connectivity index (χ0) is 9.90. The summed E-state index contributed by atoms with van der Waals surface area (Å²) in [6, 6.07) is 0. The largest absolute Gasteiger partial charge is 0.388 e. The van der Waals surface area contributed by atoms with Gasteiger partial charge in [-0.05, 0) is 6.92 Å². The van der Waals surface area contributed by atoms with Crippen LogP contribution in [0, 0.1) is 0 Å². The van der Waals surface area contributed by atoms with Crippen molar-refractivity contribution in [3.63, 3.8) is 0 Å². The van der Waals surface area contributed by atoms with Gasteiger partial charge in [-0.15, -0.1) is 10.2 Å². The molecule has 1 rings (SSSR count). The van der Waals surface area contributed by atoms with Crippen molar-refractivity contribution in [1.82, 2.24) is 14.8 Å². The Bertz CT molecular complexity index is 273. The van der Waals surface area contributed by atoms with E-state index < -0.39 is 5.60 Å². The van der Waals surface area contributed by atoms with Crippen molar-refractivity contribution in [1.29, 1.82) is 0 Å². The molecule has 0 aliphatic carbocycles. The highest BCUT2D eigenvalue weighted by Gasteiger charge is 2.19. The van der Waals surface area contributed by atoms with Crippen LogP contribution in [0.25, 0.3) is 0 Å². The summed E-state index contributed by atoms with van der Waals surface area (Å²) in [6.07, 6.45) is 1.62. The van der Waals surface area contributed by atoms with Crippen molar-refractivity contribution in [2.24, 2.45) is 12.8 Å². The summed E-state index contributed by atoms with van der Waals surface area (Å²) in [5, 5.41) is 18.0. The minimum Gasteiger partial charge on any atom is -0.388 e. The van der Waals surface area contributed by atoms with Gasteiger partial charge in [0, 0.05) is 19.3 Å². The molecular formula is C7H14N4OS. The van der Waals surface area contributed by atoms with E-state index in [-0.39, 0.29) is 6.54 Å². The summed E-state index contributed by atoms with van der Waals surface area (Å²) in [5.41, 5.74) is 4.54. The zero-order valence-corrected chi connectivity index (χ0v) is 8.58. The summed E-state index contributed by atoms with van der Waals surface area (Å²) in [5.74, 6) is 0.524. The monoisotopic (exact) mass is 202 g/mol. The van der Waals surface area contributed by atoms with Crippen LogP contribution in [-0.4, -0.2) is 37.8 Å². The highest BCUT2D eigenvalue weighted by Crippen LogP contribution is 2.18. The number of aryl methyl sites for hydroxylation is 1. The predicted molar refractivity (Wildman–Crippen MR) is 51.4 cm³/mol. The molecule has 0 saturated carbocycles. The molecular weight excluding hydrogens is 188 g/mol. The quantitative estimate of drug-likeness (QED) is 0.651. The molecule has 0 aliphatic rings. The van der Waals surface area contributed by atoms with Gasteiger partial charge in [0.2, 0.25) is 0 Å². The lowest BCUT2D eigenvalue weighted by atomic mass is 10.1. The van der Waals surface area contributed by atoms with Crippen LogP contribution >= 0.6 is 11.8 Å². The third kappa shape index (κ3) is 2.98. The number of thioether (sulfide) groups is 1. The van der Waals surface area contributed by atoms with Gasteiger partial charge in [-0.3, -0.25) is 0 Å². The summed E-state index contributed by atoms with van der Waals surface area (Å²) in [6.45, 7) is 1.95. The van der Waals surface area contributed by atoms with Crippen molar-refractivity contribution in [3.05, 3.63) is 6.33 Å². The van der Waals surface area contributed by atoms with E-state index in [1.54, 1.807) is 17.8 Å². The first kappa shape index (κ1) is 10.5. The van der Waals surface area contributed by atoms with E-state index >= 15 is 0 Å². The third-order valence-corrected chi connectivity index (χ3v) is 3.02. The molecule has 1 aromatic heterocycles. The Morgan fingerprint density at radius 1 is 1.77 bits per heavy atom. The lowest BCUT2D eigenvalue weighted by molar-refractivity contribution is 0.0949. The average molecular weight is 202 g/mol. The Balaban J connectivity index is 2.48. The maximum absolute atomic E-state index is 9.61. The van der Waals surface area contributed by atoms with Crippen LogP contribution in [0.15, 0.2) is 11.5 Å². The second-order valence-electron chi connectivity index (χ2n) is 3.21. The van der Waals surface area contributed by atoms with E-state index in [1.165, 1.54) is 11.8 Å². The Labute approximate surface area is 81.3 Å². The van der Waals surface area contributed by atoms with Crippen LogP contribution in [-0.2, 0) is 7.05 Å². The van der Waals surface area contributed by atoms with Crippen molar-refractivity contribution >= 4 is 11.8 Å². The summed E-state index contributed by atoms with van der Waals surface area (Å²) < 4.78 is 1.80. The van der Waals surface area contributed by atoms with Crippen LogP contribution < -0.4 is 5.73 Å². The highest BCUT2D eigenvalue weighted by atomic mass is 32.2. The fourth-order valence-corrected chi connectivity index (χ4v) is 1.60. The molecule has 1 atom stereocenters. The van der Waals surface area contributed by atoms with Crippen molar-refractivity contribution in [2.45, 2.75) is 17.7 Å². The number of hydrogen-bond donors (Lipinski definition) is 2. The number of rotatable bonds is 4. The molecule has 0 radical (unpaired) electrons. The van der Waals surface area contributed by atoms with Gasteiger partial charge in [0.05, 0.1) is 5.60 Å². The number of hydrogen-bond acceptors (Lipinski definition) is 5. The molecule has 13 heavy (non-hydrogen) atoms. The summed E-state index contributed by atoms with van der Waals surface area (Å²) in [7, 11) is 1.86. The molecule has 0 amide bonds. The van der Waals surface area contributed by atoms with Gasteiger partial charge in [0.15, 0.2) is 5.16 Å². The predicted octanol–water partition coefficient (Wildman–Crippen LogP) is -0.383. The van der Waals surface area contributed by atoms with E-state index in [2.05, 4.69) is 10.2 Å². The second-order valence-corrected chi connectivity index (χ2v) is 4.16. The molecule has 1 aromatic rings. The fraction of sp³-hybridized carbons (Fsp3) is 0.714. The topological polar surface area (TPSA) is 77.0 Å². The van der Waals surface area contributed by atoms with Crippen LogP contribution in [0.4, 0.5) is 0 Å². The molecule has 0 saturated heterocycles. The maximum Gasteiger partial charge on any atom is 0.190 e. The molecule has 0 fully saturated rings. The number of aromatic nitrogens is 3. The molecule has 6 heteroatoms. The van der Waals surface area contributed by atoms with E-state index in [0.29, 0.717) is 5.75 Å². The SMILES string of the molecule is Cn1cnnc1SCC(C)(O)CN. The number of nitrogens with two attached hydrogens (primary N) is 1. The van der Waals surface area contributed by atoms with Crippen LogP contribution in [0.2, 0.25) is 0 Å². The lowest BCUT2D eigenvalue weighted by Crippen LogP contribution is -2.36. The minimum atomic E-state index is -0.837. The minimum absolute atomic E-state index is 0.248. The third-order valence-electron chi connectivity index (χ3n) is 1.62. The average Bonchev–Trinajstić information content (AvgIpc) is 2.48. The van der Waals surface area contributed by atoms with Gasteiger partial charge >= 0.3 is 0 Å². The van der Waals surface area contributed by atoms with Gasteiger partial charge in [0.25, 0.3) is 0 Å². The molecule has 0 aliphatic heterocycles. The molecule has 3 N–H and O–H groups in total. The molecule has 5 nitrogen and oxygen atoms in total. The first-order chi connectivity index (χ1) is 6.05. The Hall–Kier alpha value is -0.590. The molecule has 1 heterocycles. The van der Waals surface area contributed by atoms with E-state index in [1.807, 2.05) is 7.05 Å². The summed E-state index contributed by atoms with van der Waals surface area (Å²) in [4.78, 5) is 0. The first-order valence-electron chi connectivity index (χ1n) is 3.94. The van der Waals surface area contributed by atoms with E-state index in [9.17, 15) is 5.11 Å². The summed E-state index contributed by atoms with van der Waals surface area (Å²) >= 11 is 1.44. The van der Waals surface area contributed by atoms with Gasteiger partial charge in [-0.2, -0.15) is 0 Å². The molecule has 0 bridgehead atoms. The van der Waals surface area contributed by atoms with Crippen molar-refractivity contribution < 1.29 is 5.11 Å². The van der Waals surface area contributed by atoms with E-state index in [4.69, 9.17) is 5.73 Å². The van der Waals surface area contributed by atoms with Crippen LogP contribution in [0.1, 0.15) is 6.92 Å². The first-order valence-corrected chi connectivity index (χ1v) is 4.93. The number of nitrogens with zero attached hydrogens (tertiary/aromatic N) is 3. The number of aliphatic hydroxyl groups is 1. The molecule has 0 aromatic carbocycles. The Kier molecular flexibility index (Phi) is 3.29. The molecule has 1 unspecified atom stereocenters. The van der Waals surface area contributed by atoms with Crippen LogP contribution in [0.5, 0.6) is 0 Å². The molecule has 74 valence electrons. The van der Waals surface area contributed by atoms with Crippen molar-refractivity contribution in [2.75, 3.05) is 12.3 Å². The van der Waals surface area contributed by atoms with Crippen molar-refractivity contribution in [3.8, 4) is 0 Å². The van der Waals surface area contributed by atoms with Crippen LogP contribution in [0.3, 0.4) is 0 Å². The Morgan fingerprint density at radius 2 is 2.46 bits per heavy atom. The smallest absolute Gasteiger partial charge is 0.190 e. The second kappa shape index (κ2) is 4.08. The van der Waals surface area contributed by atoms with Gasteiger partial charge in [-0.25, -0.2) is 0 Å². The van der Waals surface area contributed by atoms with Gasteiger partial charge < -0.3 is 15.4 Å². The lowest BCUT2D eigenvalue weighted by Gasteiger charge is -2.19. The maximum atomic E-state index is 9.61. The van der Waals surface area contributed by atoms with E-state index in [0.717, 1.165) is 5.16 Å². The normalized spacial score (nSPS) is 15.7. The zero-order valence-electron chi connectivity index (χ0n) is 7.77. The standard InChI is InChI=1S/C7H14N4OS/c1-7(12,3-8)4-13-6-10-9-5-11(6)2/h5,12H,3-4,8H2,1-2H3. The van der Waals surface area contributed by atoms with Gasteiger partial charge in [-0.1, -0.05) is 11.8 Å². The molecule has 0 spiro atoms. The van der Waals surface area contributed by atoms with Gasteiger partial charge in [0.1, 0.15) is 6.33 Å². The Morgan fingerprint density at radius 3 is 2.92 bits per heavy atom.